The van der Waals surface area contributed by atoms with Crippen LogP contribution in [-0.4, -0.2) is 35.6 Å². The van der Waals surface area contributed by atoms with Crippen molar-refractivity contribution in [3.8, 4) is 0 Å². The molecule has 3 heterocycles. The molecule has 0 atom stereocenters. The normalized spacial score (nSPS) is 16.1. The molecular formula is C20H23NO2S2. The van der Waals surface area contributed by atoms with E-state index >= 15 is 0 Å². The standard InChI is InChI=1S/C20H23NO2S2/c1-14-7-11-25-19(14)18(17-8-12-24-15(17)2)6-4-10-21-9-3-5-16(13-21)20(22)23/h5-8,11-12H,3-4,9-10,13H2,1-2H3,(H,22,23). The Morgan fingerprint density at radius 1 is 1.28 bits per heavy atom. The third-order valence-electron chi connectivity index (χ3n) is 4.55. The summed E-state index contributed by atoms with van der Waals surface area (Å²) in [6.45, 7) is 6.71. The van der Waals surface area contributed by atoms with Crippen LogP contribution in [0.25, 0.3) is 5.57 Å². The van der Waals surface area contributed by atoms with Gasteiger partial charge in [-0.05, 0) is 66.3 Å². The molecule has 0 bridgehead atoms. The zero-order valence-electron chi connectivity index (χ0n) is 14.6. The Labute approximate surface area is 156 Å². The van der Waals surface area contributed by atoms with Crippen LogP contribution in [0.1, 0.15) is 33.7 Å². The van der Waals surface area contributed by atoms with Gasteiger partial charge < -0.3 is 5.11 Å². The van der Waals surface area contributed by atoms with Crippen molar-refractivity contribution in [2.75, 3.05) is 19.6 Å². The van der Waals surface area contributed by atoms with Crippen molar-refractivity contribution >= 4 is 34.2 Å². The van der Waals surface area contributed by atoms with Crippen LogP contribution in [-0.2, 0) is 4.79 Å². The Balaban J connectivity index is 1.74. The quantitative estimate of drug-likeness (QED) is 0.777. The summed E-state index contributed by atoms with van der Waals surface area (Å²) in [6, 6.07) is 4.38. The Kier molecular flexibility index (Phi) is 5.89. The minimum Gasteiger partial charge on any atom is -0.478 e. The molecule has 25 heavy (non-hydrogen) atoms. The van der Waals surface area contributed by atoms with Crippen molar-refractivity contribution in [2.45, 2.75) is 26.7 Å². The average molecular weight is 374 g/mol. The zero-order valence-corrected chi connectivity index (χ0v) is 16.3. The van der Waals surface area contributed by atoms with Crippen molar-refractivity contribution in [2.24, 2.45) is 0 Å². The van der Waals surface area contributed by atoms with Gasteiger partial charge in [-0.2, -0.15) is 0 Å². The van der Waals surface area contributed by atoms with Gasteiger partial charge in [-0.15, -0.1) is 22.7 Å². The summed E-state index contributed by atoms with van der Waals surface area (Å²) in [5.74, 6) is -0.788. The maximum Gasteiger partial charge on any atom is 0.332 e. The molecule has 0 aromatic carbocycles. The Bertz CT molecular complexity index is 771. The van der Waals surface area contributed by atoms with E-state index in [2.05, 4.69) is 47.7 Å². The summed E-state index contributed by atoms with van der Waals surface area (Å²) in [6.07, 6.45) is 5.93. The van der Waals surface area contributed by atoms with Gasteiger partial charge in [0, 0.05) is 35.0 Å². The highest BCUT2D eigenvalue weighted by Gasteiger charge is 2.17. The van der Waals surface area contributed by atoms with Crippen molar-refractivity contribution in [1.82, 2.24) is 4.90 Å². The minimum atomic E-state index is -0.788. The van der Waals surface area contributed by atoms with Crippen LogP contribution >= 0.6 is 22.7 Å². The van der Waals surface area contributed by atoms with Gasteiger partial charge in [-0.3, -0.25) is 4.90 Å². The number of rotatable bonds is 6. The van der Waals surface area contributed by atoms with Crippen molar-refractivity contribution in [3.05, 3.63) is 61.5 Å². The van der Waals surface area contributed by atoms with Crippen LogP contribution < -0.4 is 0 Å². The van der Waals surface area contributed by atoms with Crippen LogP contribution in [0.4, 0.5) is 0 Å². The van der Waals surface area contributed by atoms with Gasteiger partial charge in [-0.25, -0.2) is 4.79 Å². The van der Waals surface area contributed by atoms with E-state index in [1.807, 2.05) is 6.08 Å². The van der Waals surface area contributed by atoms with Crippen molar-refractivity contribution < 1.29 is 9.90 Å². The van der Waals surface area contributed by atoms with Gasteiger partial charge in [0.2, 0.25) is 0 Å². The molecular weight excluding hydrogens is 350 g/mol. The second-order valence-corrected chi connectivity index (χ2v) is 8.37. The highest BCUT2D eigenvalue weighted by molar-refractivity contribution is 7.12. The predicted octanol–water partition coefficient (Wildman–Crippen LogP) is 4.96. The van der Waals surface area contributed by atoms with Crippen LogP contribution in [0.15, 0.2) is 40.6 Å². The number of carboxylic acid groups (broad SMARTS) is 1. The Morgan fingerprint density at radius 2 is 2.08 bits per heavy atom. The third-order valence-corrected chi connectivity index (χ3v) is 6.45. The van der Waals surface area contributed by atoms with E-state index < -0.39 is 5.97 Å². The van der Waals surface area contributed by atoms with Gasteiger partial charge in [0.1, 0.15) is 0 Å². The number of carboxylic acids is 1. The number of aryl methyl sites for hydroxylation is 2. The summed E-state index contributed by atoms with van der Waals surface area (Å²) in [5, 5.41) is 13.5. The second kappa shape index (κ2) is 8.13. The molecule has 1 aliphatic rings. The van der Waals surface area contributed by atoms with E-state index in [4.69, 9.17) is 0 Å². The lowest BCUT2D eigenvalue weighted by atomic mass is 10.0. The fourth-order valence-electron chi connectivity index (χ4n) is 3.18. The lowest BCUT2D eigenvalue weighted by Crippen LogP contribution is -2.32. The van der Waals surface area contributed by atoms with Gasteiger partial charge in [0.25, 0.3) is 0 Å². The molecule has 0 saturated carbocycles. The first-order chi connectivity index (χ1) is 12.1. The maximum atomic E-state index is 11.2. The van der Waals surface area contributed by atoms with E-state index in [0.717, 1.165) is 25.9 Å². The second-order valence-electron chi connectivity index (χ2n) is 6.33. The van der Waals surface area contributed by atoms with E-state index in [1.165, 1.54) is 26.5 Å². The molecule has 3 rings (SSSR count). The molecule has 0 amide bonds. The summed E-state index contributed by atoms with van der Waals surface area (Å²) in [5.41, 5.74) is 4.48. The molecule has 0 unspecified atom stereocenters. The highest BCUT2D eigenvalue weighted by Crippen LogP contribution is 2.34. The maximum absolute atomic E-state index is 11.2. The number of thiophene rings is 2. The van der Waals surface area contributed by atoms with Crippen molar-refractivity contribution in [3.63, 3.8) is 0 Å². The lowest BCUT2D eigenvalue weighted by molar-refractivity contribution is -0.133. The molecule has 0 saturated heterocycles. The molecule has 1 N–H and O–H groups in total. The summed E-state index contributed by atoms with van der Waals surface area (Å²) < 4.78 is 0. The molecule has 2 aromatic heterocycles. The monoisotopic (exact) mass is 373 g/mol. The summed E-state index contributed by atoms with van der Waals surface area (Å²) >= 11 is 3.57. The first-order valence-electron chi connectivity index (χ1n) is 8.50. The zero-order chi connectivity index (χ0) is 17.8. The number of hydrogen-bond acceptors (Lipinski definition) is 4. The van der Waals surface area contributed by atoms with E-state index in [1.54, 1.807) is 22.7 Å². The molecule has 0 aliphatic carbocycles. The van der Waals surface area contributed by atoms with Gasteiger partial charge in [0.05, 0.1) is 0 Å². The minimum absolute atomic E-state index is 0.526. The van der Waals surface area contributed by atoms with Gasteiger partial charge in [-0.1, -0.05) is 12.2 Å². The largest absolute Gasteiger partial charge is 0.478 e. The fourth-order valence-corrected chi connectivity index (χ4v) is 4.88. The molecule has 3 nitrogen and oxygen atoms in total. The molecule has 132 valence electrons. The van der Waals surface area contributed by atoms with Crippen LogP contribution in [0.2, 0.25) is 0 Å². The van der Waals surface area contributed by atoms with Gasteiger partial charge >= 0.3 is 5.97 Å². The van der Waals surface area contributed by atoms with E-state index in [-0.39, 0.29) is 0 Å². The van der Waals surface area contributed by atoms with Crippen LogP contribution in [0, 0.1) is 13.8 Å². The molecule has 0 fully saturated rings. The fraction of sp³-hybridized carbons (Fsp3) is 0.350. The van der Waals surface area contributed by atoms with Crippen LogP contribution in [0.3, 0.4) is 0 Å². The molecule has 1 aliphatic heterocycles. The number of aliphatic carboxylic acids is 1. The summed E-state index contributed by atoms with van der Waals surface area (Å²) in [7, 11) is 0. The molecule has 5 heteroatoms. The number of nitrogens with zero attached hydrogens (tertiary/aromatic N) is 1. The summed E-state index contributed by atoms with van der Waals surface area (Å²) in [4.78, 5) is 16.1. The lowest BCUT2D eigenvalue weighted by Gasteiger charge is -2.25. The Hall–Kier alpha value is -1.69. The Morgan fingerprint density at radius 3 is 2.72 bits per heavy atom. The van der Waals surface area contributed by atoms with E-state index in [9.17, 15) is 9.90 Å². The number of hydrogen-bond donors (Lipinski definition) is 1. The third kappa shape index (κ3) is 4.29. The van der Waals surface area contributed by atoms with Crippen molar-refractivity contribution in [1.29, 1.82) is 0 Å². The predicted molar refractivity (Wildman–Crippen MR) is 107 cm³/mol. The highest BCUT2D eigenvalue weighted by atomic mass is 32.1. The number of carbonyl (C=O) groups is 1. The van der Waals surface area contributed by atoms with E-state index in [0.29, 0.717) is 12.1 Å². The smallest absolute Gasteiger partial charge is 0.332 e. The molecule has 0 radical (unpaired) electrons. The first-order valence-corrected chi connectivity index (χ1v) is 10.3. The average Bonchev–Trinajstić information content (AvgIpc) is 3.21. The molecule has 0 spiro atoms. The first kappa shape index (κ1) is 18.1. The van der Waals surface area contributed by atoms with Crippen LogP contribution in [0.5, 0.6) is 0 Å². The topological polar surface area (TPSA) is 40.5 Å². The SMILES string of the molecule is Cc1ccsc1C(=CCCN1CCC=C(C(=O)O)C1)c1ccsc1C. The molecule has 2 aromatic rings. The van der Waals surface area contributed by atoms with Gasteiger partial charge in [0.15, 0.2) is 0 Å².